The van der Waals surface area contributed by atoms with Crippen LogP contribution in [-0.2, 0) is 16.1 Å². The summed E-state index contributed by atoms with van der Waals surface area (Å²) in [5, 5.41) is 3.46. The van der Waals surface area contributed by atoms with E-state index >= 15 is 0 Å². The van der Waals surface area contributed by atoms with Crippen molar-refractivity contribution < 1.29 is 18.7 Å². The lowest BCUT2D eigenvalue weighted by atomic mass is 10.1. The maximum absolute atomic E-state index is 12.5. The van der Waals surface area contributed by atoms with E-state index in [1.165, 1.54) is 23.2 Å². The van der Waals surface area contributed by atoms with E-state index in [2.05, 4.69) is 4.98 Å². The number of hydrogen-bond acceptors (Lipinski definition) is 6. The number of carbonyl (C=O) groups is 2. The minimum atomic E-state index is -0.596. The van der Waals surface area contributed by atoms with Crippen molar-refractivity contribution in [2.45, 2.75) is 20.5 Å². The first-order valence-electron chi connectivity index (χ1n) is 9.10. The van der Waals surface area contributed by atoms with Crippen LogP contribution in [0.4, 0.5) is 10.8 Å². The van der Waals surface area contributed by atoms with Gasteiger partial charge in [-0.2, -0.15) is 0 Å². The highest BCUT2D eigenvalue weighted by molar-refractivity contribution is 7.14. The van der Waals surface area contributed by atoms with Gasteiger partial charge in [-0.25, -0.2) is 9.78 Å². The molecule has 1 amide bonds. The van der Waals surface area contributed by atoms with Gasteiger partial charge in [-0.15, -0.1) is 11.3 Å². The van der Waals surface area contributed by atoms with Crippen LogP contribution in [0.2, 0.25) is 5.02 Å². The van der Waals surface area contributed by atoms with Crippen molar-refractivity contribution in [3.8, 4) is 0 Å². The van der Waals surface area contributed by atoms with Gasteiger partial charge in [-0.05, 0) is 25.1 Å². The number of amides is 1. The molecule has 0 unspecified atom stereocenters. The molecule has 0 spiro atoms. The Kier molecular flexibility index (Phi) is 5.57. The molecule has 0 aliphatic rings. The van der Waals surface area contributed by atoms with E-state index < -0.39 is 5.97 Å². The fourth-order valence-corrected chi connectivity index (χ4v) is 4.16. The number of benzene rings is 2. The Bertz CT molecular complexity index is 1230. The molecule has 0 aliphatic carbocycles. The van der Waals surface area contributed by atoms with Crippen LogP contribution in [0.1, 0.15) is 28.7 Å². The van der Waals surface area contributed by atoms with Crippen LogP contribution in [0.5, 0.6) is 0 Å². The fraction of sp³-hybridized carbons (Fsp3) is 0.136. The minimum Gasteiger partial charge on any atom is -0.453 e. The quantitative estimate of drug-likeness (QED) is 0.361. The largest absolute Gasteiger partial charge is 0.453 e. The first-order chi connectivity index (χ1) is 14.5. The molecular formula is C22H17ClN2O4S. The summed E-state index contributed by atoms with van der Waals surface area (Å²) in [6.07, 6.45) is 0. The molecule has 152 valence electrons. The van der Waals surface area contributed by atoms with Crippen molar-refractivity contribution in [3.05, 3.63) is 76.0 Å². The van der Waals surface area contributed by atoms with Crippen molar-refractivity contribution in [3.63, 3.8) is 0 Å². The summed E-state index contributed by atoms with van der Waals surface area (Å²) >= 11 is 7.44. The number of hydrogen-bond donors (Lipinski definition) is 0. The Morgan fingerprint density at radius 1 is 1.17 bits per heavy atom. The van der Waals surface area contributed by atoms with Gasteiger partial charge in [-0.1, -0.05) is 41.9 Å². The summed E-state index contributed by atoms with van der Waals surface area (Å²) in [5.74, 6) is -0.641. The number of halogens is 1. The molecule has 0 fully saturated rings. The van der Waals surface area contributed by atoms with E-state index in [1.807, 2.05) is 36.4 Å². The highest BCUT2D eigenvalue weighted by Gasteiger charge is 2.22. The van der Waals surface area contributed by atoms with Crippen LogP contribution in [-0.4, -0.2) is 16.9 Å². The fourth-order valence-electron chi connectivity index (χ4n) is 3.08. The second-order valence-corrected chi connectivity index (χ2v) is 7.80. The van der Waals surface area contributed by atoms with Gasteiger partial charge in [0.25, 0.3) is 0 Å². The van der Waals surface area contributed by atoms with Gasteiger partial charge in [0, 0.05) is 23.3 Å². The van der Waals surface area contributed by atoms with Crippen LogP contribution in [0.15, 0.2) is 58.3 Å². The third kappa shape index (κ3) is 3.81. The summed E-state index contributed by atoms with van der Waals surface area (Å²) in [7, 11) is 0. The normalized spacial score (nSPS) is 10.9. The third-order valence-electron chi connectivity index (χ3n) is 4.51. The van der Waals surface area contributed by atoms with Crippen LogP contribution in [0.25, 0.3) is 11.0 Å². The molecule has 0 saturated carbocycles. The SMILES string of the molecule is CC(=O)N(c1ccccc1)c1nc(COC(=O)c2oc3c(Cl)cccc3c2C)cs1. The molecule has 6 nitrogen and oxygen atoms in total. The van der Waals surface area contributed by atoms with Gasteiger partial charge < -0.3 is 9.15 Å². The summed E-state index contributed by atoms with van der Waals surface area (Å²) in [4.78, 5) is 30.6. The molecule has 0 N–H and O–H groups in total. The summed E-state index contributed by atoms with van der Waals surface area (Å²) in [6, 6.07) is 14.6. The van der Waals surface area contributed by atoms with E-state index in [0.29, 0.717) is 27.0 Å². The Balaban J connectivity index is 1.51. The van der Waals surface area contributed by atoms with Gasteiger partial charge in [0.2, 0.25) is 11.7 Å². The number of ether oxygens (including phenoxy) is 1. The standard InChI is InChI=1S/C22H17ClN2O4S/c1-13-17-9-6-10-18(23)20(17)29-19(13)21(27)28-11-15-12-30-22(24-15)25(14(2)26)16-7-4-3-5-8-16/h3-10,12H,11H2,1-2H3. The van der Waals surface area contributed by atoms with Crippen molar-refractivity contribution in [2.24, 2.45) is 0 Å². The molecule has 2 heterocycles. The zero-order valence-corrected chi connectivity index (χ0v) is 17.8. The second kappa shape index (κ2) is 8.30. The van der Waals surface area contributed by atoms with Crippen LogP contribution in [0, 0.1) is 6.92 Å². The summed E-state index contributed by atoms with van der Waals surface area (Å²) in [6.45, 7) is 3.22. The van der Waals surface area contributed by atoms with Gasteiger partial charge in [0.05, 0.1) is 16.4 Å². The van der Waals surface area contributed by atoms with Gasteiger partial charge >= 0.3 is 5.97 Å². The zero-order chi connectivity index (χ0) is 21.3. The highest BCUT2D eigenvalue weighted by atomic mass is 35.5. The third-order valence-corrected chi connectivity index (χ3v) is 5.68. The van der Waals surface area contributed by atoms with E-state index in [-0.39, 0.29) is 18.3 Å². The summed E-state index contributed by atoms with van der Waals surface area (Å²) < 4.78 is 11.0. The Labute approximate surface area is 181 Å². The molecule has 4 aromatic rings. The number of aryl methyl sites for hydroxylation is 1. The maximum Gasteiger partial charge on any atom is 0.374 e. The number of aromatic nitrogens is 1. The van der Waals surface area contributed by atoms with Crippen molar-refractivity contribution >= 4 is 56.6 Å². The van der Waals surface area contributed by atoms with E-state index in [9.17, 15) is 9.59 Å². The lowest BCUT2D eigenvalue weighted by molar-refractivity contribution is -0.115. The van der Waals surface area contributed by atoms with Crippen molar-refractivity contribution in [1.82, 2.24) is 4.98 Å². The lowest BCUT2D eigenvalue weighted by Crippen LogP contribution is -2.22. The van der Waals surface area contributed by atoms with Crippen molar-refractivity contribution in [1.29, 1.82) is 0 Å². The molecular weight excluding hydrogens is 424 g/mol. The monoisotopic (exact) mass is 440 g/mol. The number of rotatable bonds is 5. The second-order valence-electron chi connectivity index (χ2n) is 6.56. The summed E-state index contributed by atoms with van der Waals surface area (Å²) in [5.41, 5.74) is 2.39. The van der Waals surface area contributed by atoms with E-state index in [4.69, 9.17) is 20.8 Å². The van der Waals surface area contributed by atoms with E-state index in [0.717, 1.165) is 11.1 Å². The number of carbonyl (C=O) groups excluding carboxylic acids is 2. The molecule has 4 rings (SSSR count). The predicted molar refractivity (Wildman–Crippen MR) is 116 cm³/mol. The highest BCUT2D eigenvalue weighted by Crippen LogP contribution is 2.32. The van der Waals surface area contributed by atoms with Gasteiger partial charge in [-0.3, -0.25) is 9.69 Å². The molecule has 0 saturated heterocycles. The van der Waals surface area contributed by atoms with E-state index in [1.54, 1.807) is 24.4 Å². The molecule has 8 heteroatoms. The maximum atomic E-state index is 12.5. The number of anilines is 2. The number of para-hydroxylation sites is 2. The van der Waals surface area contributed by atoms with Crippen LogP contribution < -0.4 is 4.90 Å². The molecule has 0 atom stereocenters. The number of furan rings is 1. The number of nitrogens with zero attached hydrogens (tertiary/aromatic N) is 2. The Morgan fingerprint density at radius 2 is 1.93 bits per heavy atom. The molecule has 0 radical (unpaired) electrons. The molecule has 30 heavy (non-hydrogen) atoms. The molecule has 2 aromatic carbocycles. The van der Waals surface area contributed by atoms with Crippen LogP contribution in [0.3, 0.4) is 0 Å². The Morgan fingerprint density at radius 3 is 2.63 bits per heavy atom. The average Bonchev–Trinajstić information content (AvgIpc) is 3.33. The number of fused-ring (bicyclic) bond motifs is 1. The smallest absolute Gasteiger partial charge is 0.374 e. The minimum absolute atomic E-state index is 0.0416. The first kappa shape index (κ1) is 20.1. The molecule has 0 aliphatic heterocycles. The molecule has 2 aromatic heterocycles. The van der Waals surface area contributed by atoms with Gasteiger partial charge in [0.15, 0.2) is 10.7 Å². The van der Waals surface area contributed by atoms with Gasteiger partial charge in [0.1, 0.15) is 6.61 Å². The number of esters is 1. The zero-order valence-electron chi connectivity index (χ0n) is 16.2. The first-order valence-corrected chi connectivity index (χ1v) is 10.4. The topological polar surface area (TPSA) is 72.6 Å². The van der Waals surface area contributed by atoms with Crippen molar-refractivity contribution in [2.75, 3.05) is 4.90 Å². The van der Waals surface area contributed by atoms with Crippen LogP contribution >= 0.6 is 22.9 Å². The number of thiazole rings is 1. The predicted octanol–water partition coefficient (Wildman–Crippen LogP) is 5.89. The lowest BCUT2D eigenvalue weighted by Gasteiger charge is -2.17. The molecule has 0 bridgehead atoms. The average molecular weight is 441 g/mol. The Hall–Kier alpha value is -3.16.